The zero-order valence-electron chi connectivity index (χ0n) is 10.4. The van der Waals surface area contributed by atoms with Crippen LogP contribution in [0.1, 0.15) is 52.4 Å². The van der Waals surface area contributed by atoms with Crippen LogP contribution in [-0.4, -0.2) is 17.5 Å². The zero-order chi connectivity index (χ0) is 11.1. The van der Waals surface area contributed by atoms with Crippen LogP contribution in [0.3, 0.4) is 0 Å². The van der Waals surface area contributed by atoms with Crippen molar-refractivity contribution in [1.29, 1.82) is 0 Å². The molecule has 2 heteroatoms. The van der Waals surface area contributed by atoms with E-state index in [0.29, 0.717) is 6.04 Å². The van der Waals surface area contributed by atoms with Crippen LogP contribution in [0.2, 0.25) is 0 Å². The quantitative estimate of drug-likeness (QED) is 0.703. The van der Waals surface area contributed by atoms with Gasteiger partial charge in [0.25, 0.3) is 0 Å². The van der Waals surface area contributed by atoms with Gasteiger partial charge in [-0.25, -0.2) is 0 Å². The van der Waals surface area contributed by atoms with Crippen molar-refractivity contribution in [3.8, 4) is 0 Å². The van der Waals surface area contributed by atoms with Gasteiger partial charge in [0.2, 0.25) is 0 Å². The molecule has 1 rings (SSSR count). The van der Waals surface area contributed by atoms with Gasteiger partial charge in [-0.2, -0.15) is 11.8 Å². The molecular weight excluding hydrogens is 202 g/mol. The Balaban J connectivity index is 2.22. The van der Waals surface area contributed by atoms with Gasteiger partial charge in [0.15, 0.2) is 0 Å². The fourth-order valence-corrected chi connectivity index (χ4v) is 3.59. The molecule has 3 atom stereocenters. The predicted octanol–water partition coefficient (Wildman–Crippen LogP) is 3.67. The molecule has 0 bridgehead atoms. The van der Waals surface area contributed by atoms with E-state index in [-0.39, 0.29) is 0 Å². The van der Waals surface area contributed by atoms with Crippen LogP contribution < -0.4 is 5.73 Å². The Kier molecular flexibility index (Phi) is 6.74. The van der Waals surface area contributed by atoms with E-state index in [1.807, 2.05) is 11.8 Å². The first kappa shape index (κ1) is 13.4. The van der Waals surface area contributed by atoms with Gasteiger partial charge in [0.1, 0.15) is 0 Å². The fourth-order valence-electron chi connectivity index (χ4n) is 2.59. The summed E-state index contributed by atoms with van der Waals surface area (Å²) < 4.78 is 0. The van der Waals surface area contributed by atoms with Gasteiger partial charge in [0, 0.05) is 11.8 Å². The highest BCUT2D eigenvalue weighted by Gasteiger charge is 2.25. The molecule has 90 valence electrons. The molecule has 0 aromatic carbocycles. The van der Waals surface area contributed by atoms with E-state index in [0.717, 1.165) is 11.8 Å². The lowest BCUT2D eigenvalue weighted by Gasteiger charge is -2.32. The van der Waals surface area contributed by atoms with Crippen molar-refractivity contribution < 1.29 is 0 Å². The second kappa shape index (κ2) is 7.56. The molecular formula is C13H27NS. The molecule has 1 nitrogen and oxygen atoms in total. The molecule has 1 aliphatic rings. The molecule has 15 heavy (non-hydrogen) atoms. The van der Waals surface area contributed by atoms with E-state index < -0.39 is 0 Å². The summed E-state index contributed by atoms with van der Waals surface area (Å²) in [6.07, 6.45) is 8.26. The number of hydrogen-bond acceptors (Lipinski definition) is 2. The van der Waals surface area contributed by atoms with Crippen molar-refractivity contribution in [2.45, 2.75) is 58.4 Å². The zero-order valence-corrected chi connectivity index (χ0v) is 11.2. The summed E-state index contributed by atoms with van der Waals surface area (Å²) in [4.78, 5) is 0. The summed E-state index contributed by atoms with van der Waals surface area (Å²) in [6, 6.07) is 0.455. The largest absolute Gasteiger partial charge is 0.327 e. The van der Waals surface area contributed by atoms with Crippen molar-refractivity contribution in [1.82, 2.24) is 0 Å². The normalized spacial score (nSPS) is 29.0. The van der Waals surface area contributed by atoms with Crippen LogP contribution in [0.25, 0.3) is 0 Å². The number of thioether (sulfide) groups is 1. The van der Waals surface area contributed by atoms with Gasteiger partial charge in [-0.3, -0.25) is 0 Å². The smallest absolute Gasteiger partial charge is 0.0159 e. The van der Waals surface area contributed by atoms with E-state index in [1.54, 1.807) is 0 Å². The lowest BCUT2D eigenvalue weighted by molar-refractivity contribution is 0.238. The van der Waals surface area contributed by atoms with E-state index in [4.69, 9.17) is 5.73 Å². The summed E-state index contributed by atoms with van der Waals surface area (Å²) in [5.74, 6) is 4.23. The second-order valence-corrected chi connectivity index (χ2v) is 6.09. The van der Waals surface area contributed by atoms with Crippen LogP contribution in [0.4, 0.5) is 0 Å². The van der Waals surface area contributed by atoms with Crippen LogP contribution in [-0.2, 0) is 0 Å². The monoisotopic (exact) mass is 229 g/mol. The average Bonchev–Trinajstić information content (AvgIpc) is 2.29. The van der Waals surface area contributed by atoms with Crippen LogP contribution in [0.15, 0.2) is 0 Å². The minimum Gasteiger partial charge on any atom is -0.327 e. The summed E-state index contributed by atoms with van der Waals surface area (Å²) in [7, 11) is 0. The van der Waals surface area contributed by atoms with Gasteiger partial charge in [-0.15, -0.1) is 0 Å². The standard InChI is InChI=1S/C13H27NS/c1-3-8-15-10-13(14)12-7-5-6-11(4-2)9-12/h11-13H,3-10,14H2,1-2H3. The Morgan fingerprint density at radius 2 is 2.13 bits per heavy atom. The third-order valence-corrected chi connectivity index (χ3v) is 4.98. The van der Waals surface area contributed by atoms with Gasteiger partial charge in [-0.1, -0.05) is 33.1 Å². The maximum Gasteiger partial charge on any atom is 0.0159 e. The third-order valence-electron chi connectivity index (χ3n) is 3.66. The maximum atomic E-state index is 6.29. The predicted molar refractivity (Wildman–Crippen MR) is 71.3 cm³/mol. The topological polar surface area (TPSA) is 26.0 Å². The van der Waals surface area contributed by atoms with Crippen molar-refractivity contribution >= 4 is 11.8 Å². The SMILES string of the molecule is CCCSCC(N)C1CCCC(CC)C1. The van der Waals surface area contributed by atoms with Gasteiger partial charge < -0.3 is 5.73 Å². The Bertz CT molecular complexity index is 161. The molecule has 0 saturated heterocycles. The average molecular weight is 229 g/mol. The first-order valence-corrected chi connectivity index (χ1v) is 7.76. The lowest BCUT2D eigenvalue weighted by Crippen LogP contribution is -2.35. The van der Waals surface area contributed by atoms with Crippen LogP contribution in [0, 0.1) is 11.8 Å². The second-order valence-electron chi connectivity index (χ2n) is 4.94. The molecule has 0 amide bonds. The minimum atomic E-state index is 0.455. The summed E-state index contributed by atoms with van der Waals surface area (Å²) in [6.45, 7) is 4.57. The van der Waals surface area contributed by atoms with Gasteiger partial charge in [0.05, 0.1) is 0 Å². The Morgan fingerprint density at radius 1 is 1.33 bits per heavy atom. The molecule has 0 aliphatic heterocycles. The summed E-state index contributed by atoms with van der Waals surface area (Å²) in [5.41, 5.74) is 6.29. The number of rotatable bonds is 6. The molecule has 1 saturated carbocycles. The first-order chi connectivity index (χ1) is 7.27. The lowest BCUT2D eigenvalue weighted by atomic mass is 9.77. The van der Waals surface area contributed by atoms with E-state index in [2.05, 4.69) is 13.8 Å². The maximum absolute atomic E-state index is 6.29. The van der Waals surface area contributed by atoms with Crippen molar-refractivity contribution in [3.05, 3.63) is 0 Å². The van der Waals surface area contributed by atoms with Crippen LogP contribution in [0.5, 0.6) is 0 Å². The Hall–Kier alpha value is 0.310. The minimum absolute atomic E-state index is 0.455. The molecule has 0 aromatic rings. The molecule has 1 fully saturated rings. The molecule has 0 radical (unpaired) electrons. The first-order valence-electron chi connectivity index (χ1n) is 6.61. The molecule has 1 aliphatic carbocycles. The molecule has 0 spiro atoms. The van der Waals surface area contributed by atoms with E-state index in [9.17, 15) is 0 Å². The van der Waals surface area contributed by atoms with E-state index in [1.165, 1.54) is 50.0 Å². The molecule has 0 aromatic heterocycles. The summed E-state index contributed by atoms with van der Waals surface area (Å²) >= 11 is 2.04. The highest BCUT2D eigenvalue weighted by Crippen LogP contribution is 2.33. The third kappa shape index (κ3) is 4.78. The Morgan fingerprint density at radius 3 is 2.80 bits per heavy atom. The highest BCUT2D eigenvalue weighted by molar-refractivity contribution is 7.99. The van der Waals surface area contributed by atoms with Gasteiger partial charge in [-0.05, 0) is 36.9 Å². The fraction of sp³-hybridized carbons (Fsp3) is 1.00. The van der Waals surface area contributed by atoms with E-state index >= 15 is 0 Å². The highest BCUT2D eigenvalue weighted by atomic mass is 32.2. The number of nitrogens with two attached hydrogens (primary N) is 1. The molecule has 0 heterocycles. The van der Waals surface area contributed by atoms with Crippen LogP contribution >= 0.6 is 11.8 Å². The van der Waals surface area contributed by atoms with Crippen molar-refractivity contribution in [3.63, 3.8) is 0 Å². The molecule has 2 N–H and O–H groups in total. The van der Waals surface area contributed by atoms with Gasteiger partial charge >= 0.3 is 0 Å². The van der Waals surface area contributed by atoms with Crippen molar-refractivity contribution in [2.24, 2.45) is 17.6 Å². The number of hydrogen-bond donors (Lipinski definition) is 1. The summed E-state index contributed by atoms with van der Waals surface area (Å²) in [5, 5.41) is 0. The van der Waals surface area contributed by atoms with Crippen molar-refractivity contribution in [2.75, 3.05) is 11.5 Å². The molecule has 3 unspecified atom stereocenters. The Labute approximate surface area is 99.6 Å².